The topological polar surface area (TPSA) is 87.0 Å². The number of rotatable bonds is 6. The minimum atomic E-state index is -0.185. The Balaban J connectivity index is 1.53. The number of carbonyl (C=O) groups excluding carboxylic acids is 1. The minimum absolute atomic E-state index is 0.0294. The largest absolute Gasteiger partial charge is 0.371 e. The van der Waals surface area contributed by atoms with E-state index in [1.54, 1.807) is 0 Å². The van der Waals surface area contributed by atoms with Crippen molar-refractivity contribution in [3.05, 3.63) is 47.3 Å². The number of H-pyrrole nitrogens is 1. The fourth-order valence-electron chi connectivity index (χ4n) is 3.16. The summed E-state index contributed by atoms with van der Waals surface area (Å²) in [6.07, 6.45) is 3.78. The summed E-state index contributed by atoms with van der Waals surface area (Å²) in [5.41, 5.74) is 10.2. The smallest absolute Gasteiger partial charge is 0.222 e. The number of hydrogen-bond acceptors (Lipinski definition) is 4. The highest BCUT2D eigenvalue weighted by Crippen LogP contribution is 2.23. The number of nitrogens with zero attached hydrogens (tertiary/aromatic N) is 2. The van der Waals surface area contributed by atoms with Crippen molar-refractivity contribution in [1.29, 1.82) is 0 Å². The van der Waals surface area contributed by atoms with Gasteiger partial charge in [0.05, 0.1) is 12.1 Å². The first-order valence-corrected chi connectivity index (χ1v) is 8.46. The molecular weight excluding hydrogens is 302 g/mol. The summed E-state index contributed by atoms with van der Waals surface area (Å²) >= 11 is 0. The number of carbonyl (C=O) groups is 1. The van der Waals surface area contributed by atoms with Gasteiger partial charge in [-0.05, 0) is 37.5 Å². The van der Waals surface area contributed by atoms with Gasteiger partial charge in [0.15, 0.2) is 0 Å². The number of benzene rings is 1. The summed E-state index contributed by atoms with van der Waals surface area (Å²) in [6.45, 7) is 5.36. The Morgan fingerprint density at radius 1 is 1.38 bits per heavy atom. The molecule has 1 atom stereocenters. The van der Waals surface area contributed by atoms with Gasteiger partial charge in [0.2, 0.25) is 5.91 Å². The van der Waals surface area contributed by atoms with E-state index in [0.717, 1.165) is 50.4 Å². The van der Waals surface area contributed by atoms with E-state index in [2.05, 4.69) is 44.7 Å². The standard InChI is InChI=1S/C18H25N5O/c1-13-16(11-21-22-13)10-20-9-14-4-6-17(7-5-14)23-8-2-3-15(12-23)18(19)24/h4-7,11,15,20H,2-3,8-10,12H2,1H3,(H2,19,24)(H,21,22)/t15-/m0/s1. The molecule has 3 rings (SSSR count). The summed E-state index contributed by atoms with van der Waals surface area (Å²) in [4.78, 5) is 13.7. The van der Waals surface area contributed by atoms with Crippen LogP contribution >= 0.6 is 0 Å². The Morgan fingerprint density at radius 3 is 2.83 bits per heavy atom. The number of primary amides is 1. The quantitative estimate of drug-likeness (QED) is 0.754. The van der Waals surface area contributed by atoms with Crippen LogP contribution in [0.1, 0.15) is 29.7 Å². The molecule has 4 N–H and O–H groups in total. The van der Waals surface area contributed by atoms with Gasteiger partial charge in [-0.15, -0.1) is 0 Å². The van der Waals surface area contributed by atoms with Gasteiger partial charge >= 0.3 is 0 Å². The summed E-state index contributed by atoms with van der Waals surface area (Å²) in [5.74, 6) is -0.214. The molecule has 1 aliphatic rings. The van der Waals surface area contributed by atoms with Crippen LogP contribution in [-0.4, -0.2) is 29.2 Å². The molecule has 0 spiro atoms. The third kappa shape index (κ3) is 3.94. The third-order valence-electron chi connectivity index (χ3n) is 4.70. The van der Waals surface area contributed by atoms with Crippen LogP contribution in [0.2, 0.25) is 0 Å². The lowest BCUT2D eigenvalue weighted by Crippen LogP contribution is -2.41. The number of aromatic amines is 1. The number of amides is 1. The molecule has 2 aromatic rings. The predicted octanol–water partition coefficient (Wildman–Crippen LogP) is 1.71. The van der Waals surface area contributed by atoms with Crippen LogP contribution in [0.3, 0.4) is 0 Å². The van der Waals surface area contributed by atoms with Crippen LogP contribution in [0, 0.1) is 12.8 Å². The molecule has 1 saturated heterocycles. The Hall–Kier alpha value is -2.34. The molecule has 0 bridgehead atoms. The normalized spacial score (nSPS) is 17.9. The van der Waals surface area contributed by atoms with Crippen LogP contribution in [-0.2, 0) is 17.9 Å². The molecule has 0 saturated carbocycles. The highest BCUT2D eigenvalue weighted by molar-refractivity contribution is 5.77. The van der Waals surface area contributed by atoms with Gasteiger partial charge in [0.1, 0.15) is 0 Å². The van der Waals surface area contributed by atoms with Crippen molar-refractivity contribution in [2.75, 3.05) is 18.0 Å². The summed E-state index contributed by atoms with van der Waals surface area (Å²) < 4.78 is 0. The zero-order valence-corrected chi connectivity index (χ0v) is 14.1. The van der Waals surface area contributed by atoms with Gasteiger partial charge < -0.3 is 16.0 Å². The number of piperidine rings is 1. The zero-order valence-electron chi connectivity index (χ0n) is 14.1. The van der Waals surface area contributed by atoms with E-state index in [0.29, 0.717) is 0 Å². The molecule has 1 aliphatic heterocycles. The fourth-order valence-corrected chi connectivity index (χ4v) is 3.16. The Labute approximate surface area is 142 Å². The van der Waals surface area contributed by atoms with Crippen LogP contribution in [0.15, 0.2) is 30.5 Å². The number of hydrogen-bond donors (Lipinski definition) is 3. The molecule has 2 heterocycles. The maximum Gasteiger partial charge on any atom is 0.222 e. The fraction of sp³-hybridized carbons (Fsp3) is 0.444. The average molecular weight is 327 g/mol. The predicted molar refractivity (Wildman–Crippen MR) is 94.4 cm³/mol. The number of aromatic nitrogens is 2. The molecule has 128 valence electrons. The third-order valence-corrected chi connectivity index (χ3v) is 4.70. The maximum atomic E-state index is 11.4. The van der Waals surface area contributed by atoms with Gasteiger partial charge in [-0.3, -0.25) is 9.89 Å². The first-order valence-electron chi connectivity index (χ1n) is 8.46. The van der Waals surface area contributed by atoms with Crippen molar-refractivity contribution < 1.29 is 4.79 Å². The summed E-state index contributed by atoms with van der Waals surface area (Å²) in [7, 11) is 0. The maximum absolute atomic E-state index is 11.4. The molecule has 0 aliphatic carbocycles. The molecule has 0 unspecified atom stereocenters. The summed E-state index contributed by atoms with van der Waals surface area (Å²) in [5, 5.41) is 10.4. The van der Waals surface area contributed by atoms with Crippen molar-refractivity contribution in [2.45, 2.75) is 32.9 Å². The zero-order chi connectivity index (χ0) is 16.9. The van der Waals surface area contributed by atoms with Gasteiger partial charge in [0, 0.05) is 43.1 Å². The lowest BCUT2D eigenvalue weighted by atomic mass is 9.97. The minimum Gasteiger partial charge on any atom is -0.371 e. The highest BCUT2D eigenvalue weighted by atomic mass is 16.1. The van der Waals surface area contributed by atoms with E-state index < -0.39 is 0 Å². The SMILES string of the molecule is Cc1[nH]ncc1CNCc1ccc(N2CCC[C@H](C(N)=O)C2)cc1. The Kier molecular flexibility index (Phi) is 5.15. The molecule has 1 amide bonds. The second-order valence-corrected chi connectivity index (χ2v) is 6.48. The van der Waals surface area contributed by atoms with Crippen LogP contribution in [0.25, 0.3) is 0 Å². The lowest BCUT2D eigenvalue weighted by Gasteiger charge is -2.33. The van der Waals surface area contributed by atoms with E-state index in [4.69, 9.17) is 5.73 Å². The summed E-state index contributed by atoms with van der Waals surface area (Å²) in [6, 6.07) is 8.53. The van der Waals surface area contributed by atoms with Gasteiger partial charge in [-0.1, -0.05) is 12.1 Å². The van der Waals surface area contributed by atoms with E-state index in [1.807, 2.05) is 13.1 Å². The molecule has 0 radical (unpaired) electrons. The first kappa shape index (κ1) is 16.5. The number of nitrogens with two attached hydrogens (primary N) is 1. The van der Waals surface area contributed by atoms with Crippen molar-refractivity contribution in [3.63, 3.8) is 0 Å². The second kappa shape index (κ2) is 7.49. The van der Waals surface area contributed by atoms with Crippen LogP contribution < -0.4 is 16.0 Å². The van der Waals surface area contributed by atoms with Crippen molar-refractivity contribution in [1.82, 2.24) is 15.5 Å². The molecule has 6 heteroatoms. The number of aryl methyl sites for hydroxylation is 1. The molecule has 24 heavy (non-hydrogen) atoms. The van der Waals surface area contributed by atoms with Gasteiger partial charge in [-0.2, -0.15) is 5.10 Å². The first-order chi connectivity index (χ1) is 11.6. The second-order valence-electron chi connectivity index (χ2n) is 6.48. The lowest BCUT2D eigenvalue weighted by molar-refractivity contribution is -0.122. The Bertz CT molecular complexity index is 679. The number of nitrogens with one attached hydrogen (secondary N) is 2. The van der Waals surface area contributed by atoms with Gasteiger partial charge in [0.25, 0.3) is 0 Å². The highest BCUT2D eigenvalue weighted by Gasteiger charge is 2.23. The van der Waals surface area contributed by atoms with Crippen molar-refractivity contribution >= 4 is 11.6 Å². The van der Waals surface area contributed by atoms with Gasteiger partial charge in [-0.25, -0.2) is 0 Å². The van der Waals surface area contributed by atoms with E-state index in [-0.39, 0.29) is 11.8 Å². The van der Waals surface area contributed by atoms with E-state index in [9.17, 15) is 4.79 Å². The monoisotopic (exact) mass is 327 g/mol. The Morgan fingerprint density at radius 2 is 2.17 bits per heavy atom. The molecule has 1 aromatic carbocycles. The van der Waals surface area contributed by atoms with Crippen LogP contribution in [0.4, 0.5) is 5.69 Å². The van der Waals surface area contributed by atoms with Crippen molar-refractivity contribution in [3.8, 4) is 0 Å². The molecule has 1 fully saturated rings. The van der Waals surface area contributed by atoms with E-state index in [1.165, 1.54) is 11.1 Å². The molecule has 6 nitrogen and oxygen atoms in total. The van der Waals surface area contributed by atoms with E-state index >= 15 is 0 Å². The van der Waals surface area contributed by atoms with Crippen LogP contribution in [0.5, 0.6) is 0 Å². The average Bonchev–Trinajstić information content (AvgIpc) is 3.01. The van der Waals surface area contributed by atoms with Crippen molar-refractivity contribution in [2.24, 2.45) is 11.7 Å². The molecule has 1 aromatic heterocycles. The molecular formula is C18H25N5O. The number of anilines is 1.